The van der Waals surface area contributed by atoms with E-state index in [1.54, 1.807) is 0 Å². The van der Waals surface area contributed by atoms with Crippen LogP contribution < -0.4 is 0 Å². The van der Waals surface area contributed by atoms with E-state index in [0.717, 1.165) is 18.8 Å². The molecule has 0 saturated carbocycles. The maximum atomic E-state index is 3.84. The number of hydrogen-bond acceptors (Lipinski definition) is 0. The predicted molar refractivity (Wildman–Crippen MR) is 52.2 cm³/mol. The average Bonchev–Trinajstić information content (AvgIpc) is 2.01. The molecule has 0 aliphatic heterocycles. The van der Waals surface area contributed by atoms with Gasteiger partial charge in [-0.15, -0.1) is 0 Å². The fourth-order valence-corrected chi connectivity index (χ4v) is 1.31. The van der Waals surface area contributed by atoms with Crippen LogP contribution in [0, 0.1) is 19.8 Å². The fourth-order valence-electron chi connectivity index (χ4n) is 1.31. The SMILES string of the molecule is [CH2]CCCCC(C)CCC[CH2]. The molecule has 0 aromatic rings. The van der Waals surface area contributed by atoms with Gasteiger partial charge in [-0.05, 0) is 5.92 Å². The number of rotatable bonds is 7. The van der Waals surface area contributed by atoms with Crippen molar-refractivity contribution in [1.29, 1.82) is 0 Å². The lowest BCUT2D eigenvalue weighted by Gasteiger charge is -2.09. The second-order valence-electron chi connectivity index (χ2n) is 3.45. The van der Waals surface area contributed by atoms with Crippen molar-refractivity contribution in [3.8, 4) is 0 Å². The van der Waals surface area contributed by atoms with Crippen molar-refractivity contribution in [1.82, 2.24) is 0 Å². The van der Waals surface area contributed by atoms with Crippen molar-refractivity contribution < 1.29 is 0 Å². The summed E-state index contributed by atoms with van der Waals surface area (Å²) < 4.78 is 0. The molecule has 0 heterocycles. The van der Waals surface area contributed by atoms with Gasteiger partial charge in [-0.1, -0.05) is 65.7 Å². The number of unbranched alkanes of at least 4 members (excludes halogenated alkanes) is 3. The van der Waals surface area contributed by atoms with Gasteiger partial charge in [0.2, 0.25) is 0 Å². The molecular weight excluding hydrogens is 132 g/mol. The summed E-state index contributed by atoms with van der Waals surface area (Å²) >= 11 is 0. The highest BCUT2D eigenvalue weighted by Crippen LogP contribution is 2.15. The molecule has 0 aromatic heterocycles. The first kappa shape index (κ1) is 11.0. The largest absolute Gasteiger partial charge is 0.0625 e. The fraction of sp³-hybridized carbons (Fsp3) is 0.818. The minimum Gasteiger partial charge on any atom is -0.0625 e. The molecule has 0 rings (SSSR count). The van der Waals surface area contributed by atoms with Gasteiger partial charge < -0.3 is 0 Å². The highest BCUT2D eigenvalue weighted by Gasteiger charge is 1.99. The van der Waals surface area contributed by atoms with Crippen molar-refractivity contribution in [2.45, 2.75) is 51.9 Å². The van der Waals surface area contributed by atoms with Crippen molar-refractivity contribution in [2.24, 2.45) is 5.92 Å². The summed E-state index contributed by atoms with van der Waals surface area (Å²) in [5.74, 6) is 0.906. The Morgan fingerprint density at radius 1 is 0.909 bits per heavy atom. The Labute approximate surface area is 72.4 Å². The summed E-state index contributed by atoms with van der Waals surface area (Å²) in [5.41, 5.74) is 0. The average molecular weight is 154 g/mol. The second-order valence-corrected chi connectivity index (χ2v) is 3.45. The van der Waals surface area contributed by atoms with Gasteiger partial charge in [0.25, 0.3) is 0 Å². The quantitative estimate of drug-likeness (QED) is 0.486. The molecule has 0 amide bonds. The minimum absolute atomic E-state index is 0.906. The molecule has 0 bridgehead atoms. The first-order valence-corrected chi connectivity index (χ1v) is 4.89. The zero-order valence-electron chi connectivity index (χ0n) is 7.94. The van der Waals surface area contributed by atoms with E-state index in [1.807, 2.05) is 0 Å². The van der Waals surface area contributed by atoms with Gasteiger partial charge in [-0.2, -0.15) is 0 Å². The molecule has 0 fully saturated rings. The Morgan fingerprint density at radius 3 is 2.00 bits per heavy atom. The molecule has 0 heteroatoms. The molecule has 0 spiro atoms. The van der Waals surface area contributed by atoms with Crippen molar-refractivity contribution >= 4 is 0 Å². The molecule has 0 N–H and O–H groups in total. The standard InChI is InChI=1S/C11H22/c1-4-6-8-10-11(3)9-7-5-2/h11H,1-2,4-10H2,3H3. The van der Waals surface area contributed by atoms with Crippen molar-refractivity contribution in [3.63, 3.8) is 0 Å². The molecule has 0 saturated heterocycles. The highest BCUT2D eigenvalue weighted by molar-refractivity contribution is 4.55. The Balaban J connectivity index is 3.02. The van der Waals surface area contributed by atoms with Crippen molar-refractivity contribution in [2.75, 3.05) is 0 Å². The molecule has 0 aromatic carbocycles. The van der Waals surface area contributed by atoms with Gasteiger partial charge in [0.05, 0.1) is 0 Å². The minimum atomic E-state index is 0.906. The highest BCUT2D eigenvalue weighted by atomic mass is 14.1. The predicted octanol–water partition coefficient (Wildman–Crippen LogP) is 4.02. The van der Waals surface area contributed by atoms with E-state index in [9.17, 15) is 0 Å². The van der Waals surface area contributed by atoms with Crippen LogP contribution in [-0.2, 0) is 0 Å². The second kappa shape index (κ2) is 8.10. The molecule has 66 valence electrons. The summed E-state index contributed by atoms with van der Waals surface area (Å²) in [6.07, 6.45) is 8.90. The normalized spacial score (nSPS) is 13.4. The zero-order chi connectivity index (χ0) is 8.53. The van der Waals surface area contributed by atoms with E-state index in [4.69, 9.17) is 0 Å². The summed E-state index contributed by atoms with van der Waals surface area (Å²) in [4.78, 5) is 0. The third-order valence-electron chi connectivity index (χ3n) is 2.14. The molecule has 11 heavy (non-hydrogen) atoms. The molecule has 0 aliphatic carbocycles. The Morgan fingerprint density at radius 2 is 1.45 bits per heavy atom. The molecular formula is C11H22. The van der Waals surface area contributed by atoms with Gasteiger partial charge in [-0.25, -0.2) is 0 Å². The first-order chi connectivity index (χ1) is 5.31. The lowest BCUT2D eigenvalue weighted by Crippen LogP contribution is -1.93. The zero-order valence-corrected chi connectivity index (χ0v) is 7.94. The summed E-state index contributed by atoms with van der Waals surface area (Å²) in [6.45, 7) is 10.0. The van der Waals surface area contributed by atoms with Gasteiger partial charge in [0.15, 0.2) is 0 Å². The van der Waals surface area contributed by atoms with E-state index >= 15 is 0 Å². The van der Waals surface area contributed by atoms with E-state index < -0.39 is 0 Å². The van der Waals surface area contributed by atoms with E-state index in [1.165, 1.54) is 32.1 Å². The van der Waals surface area contributed by atoms with Crippen LogP contribution in [0.4, 0.5) is 0 Å². The summed E-state index contributed by atoms with van der Waals surface area (Å²) in [7, 11) is 0. The van der Waals surface area contributed by atoms with E-state index in [0.29, 0.717) is 0 Å². The lowest BCUT2D eigenvalue weighted by molar-refractivity contribution is 0.454. The van der Waals surface area contributed by atoms with Crippen LogP contribution in [0.25, 0.3) is 0 Å². The molecule has 0 nitrogen and oxygen atoms in total. The van der Waals surface area contributed by atoms with E-state index in [2.05, 4.69) is 20.8 Å². The Kier molecular flexibility index (Phi) is 8.10. The molecule has 1 atom stereocenters. The third-order valence-corrected chi connectivity index (χ3v) is 2.14. The maximum Gasteiger partial charge on any atom is -0.0443 e. The van der Waals surface area contributed by atoms with E-state index in [-0.39, 0.29) is 0 Å². The van der Waals surface area contributed by atoms with Gasteiger partial charge in [0, 0.05) is 0 Å². The van der Waals surface area contributed by atoms with Crippen LogP contribution in [0.2, 0.25) is 0 Å². The molecule has 1 unspecified atom stereocenters. The maximum absolute atomic E-state index is 3.84. The smallest absolute Gasteiger partial charge is 0.0443 e. The van der Waals surface area contributed by atoms with Crippen LogP contribution in [0.5, 0.6) is 0 Å². The van der Waals surface area contributed by atoms with Gasteiger partial charge >= 0.3 is 0 Å². The van der Waals surface area contributed by atoms with Gasteiger partial charge in [-0.3, -0.25) is 0 Å². The first-order valence-electron chi connectivity index (χ1n) is 4.89. The Hall–Kier alpha value is 0. The van der Waals surface area contributed by atoms with Gasteiger partial charge in [0.1, 0.15) is 0 Å². The van der Waals surface area contributed by atoms with Crippen LogP contribution >= 0.6 is 0 Å². The summed E-state index contributed by atoms with van der Waals surface area (Å²) in [6, 6.07) is 0. The van der Waals surface area contributed by atoms with Crippen LogP contribution in [0.3, 0.4) is 0 Å². The molecule has 2 radical (unpaired) electrons. The third kappa shape index (κ3) is 7.90. The van der Waals surface area contributed by atoms with Crippen LogP contribution in [0.1, 0.15) is 51.9 Å². The molecule has 0 aliphatic rings. The lowest BCUT2D eigenvalue weighted by atomic mass is 9.98. The topological polar surface area (TPSA) is 0 Å². The number of hydrogen-bond donors (Lipinski definition) is 0. The van der Waals surface area contributed by atoms with Crippen LogP contribution in [-0.4, -0.2) is 0 Å². The Bertz CT molecular complexity index is 66.4. The van der Waals surface area contributed by atoms with Crippen molar-refractivity contribution in [3.05, 3.63) is 13.8 Å². The van der Waals surface area contributed by atoms with Crippen LogP contribution in [0.15, 0.2) is 0 Å². The monoisotopic (exact) mass is 154 g/mol. The summed E-state index contributed by atoms with van der Waals surface area (Å²) in [5, 5.41) is 0.